The molecule has 6 heteroatoms. The van der Waals surface area contributed by atoms with Crippen molar-refractivity contribution in [1.29, 1.82) is 0 Å². The van der Waals surface area contributed by atoms with Gasteiger partial charge in [-0.1, -0.05) is 17.7 Å². The Kier molecular flexibility index (Phi) is 5.47. The van der Waals surface area contributed by atoms with E-state index in [0.717, 1.165) is 22.6 Å². The molecule has 5 nitrogen and oxygen atoms in total. The van der Waals surface area contributed by atoms with E-state index in [1.807, 2.05) is 43.3 Å². The average Bonchev–Trinajstić information content (AvgIpc) is 2.62. The van der Waals surface area contributed by atoms with Crippen molar-refractivity contribution in [2.75, 3.05) is 19.0 Å². The molecule has 0 saturated carbocycles. The molecule has 1 aromatic carbocycles. The van der Waals surface area contributed by atoms with Crippen LogP contribution in [-0.2, 0) is 0 Å². The van der Waals surface area contributed by atoms with Crippen molar-refractivity contribution in [3.63, 3.8) is 0 Å². The Morgan fingerprint density at radius 2 is 1.88 bits per heavy atom. The van der Waals surface area contributed by atoms with Crippen LogP contribution in [0.4, 0.5) is 5.82 Å². The van der Waals surface area contributed by atoms with Crippen LogP contribution >= 0.6 is 11.6 Å². The third-order valence-electron chi connectivity index (χ3n) is 3.81. The Balaban J connectivity index is 2.18. The summed E-state index contributed by atoms with van der Waals surface area (Å²) < 4.78 is 11.1. The summed E-state index contributed by atoms with van der Waals surface area (Å²) in [5, 5.41) is 4.61. The number of anilines is 1. The highest BCUT2D eigenvalue weighted by Crippen LogP contribution is 2.37. The van der Waals surface area contributed by atoms with Crippen LogP contribution < -0.4 is 14.8 Å². The largest absolute Gasteiger partial charge is 0.495 e. The van der Waals surface area contributed by atoms with E-state index in [1.54, 1.807) is 7.11 Å². The molecule has 0 fully saturated rings. The number of nitrogens with zero attached hydrogens (tertiary/aromatic N) is 2. The van der Waals surface area contributed by atoms with E-state index in [4.69, 9.17) is 26.1 Å². The first-order chi connectivity index (χ1) is 12.5. The first-order valence-electron chi connectivity index (χ1n) is 8.57. The smallest absolute Gasteiger partial charge is 0.139 e. The van der Waals surface area contributed by atoms with Gasteiger partial charge in [0.05, 0.1) is 30.6 Å². The van der Waals surface area contributed by atoms with Crippen molar-refractivity contribution < 1.29 is 9.47 Å². The Morgan fingerprint density at radius 1 is 1.08 bits per heavy atom. The van der Waals surface area contributed by atoms with E-state index in [0.29, 0.717) is 34.6 Å². The Morgan fingerprint density at radius 3 is 2.58 bits per heavy atom. The van der Waals surface area contributed by atoms with Gasteiger partial charge in [0.2, 0.25) is 0 Å². The third kappa shape index (κ3) is 3.68. The molecule has 0 aliphatic heterocycles. The van der Waals surface area contributed by atoms with Gasteiger partial charge in [-0.15, -0.1) is 0 Å². The summed E-state index contributed by atoms with van der Waals surface area (Å²) in [7, 11) is 1.59. The maximum Gasteiger partial charge on any atom is 0.139 e. The molecule has 136 valence electrons. The first kappa shape index (κ1) is 18.3. The van der Waals surface area contributed by atoms with Gasteiger partial charge in [0.15, 0.2) is 0 Å². The van der Waals surface area contributed by atoms with Crippen molar-refractivity contribution in [2.24, 2.45) is 0 Å². The minimum absolute atomic E-state index is 0.292. The molecule has 0 unspecified atom stereocenters. The Labute approximate surface area is 158 Å². The predicted octanol–water partition coefficient (Wildman–Crippen LogP) is 5.18. The Hall–Kier alpha value is -2.53. The number of hydrogen-bond donors (Lipinski definition) is 1. The van der Waals surface area contributed by atoms with E-state index in [9.17, 15) is 0 Å². The Bertz CT molecular complexity index is 928. The lowest BCUT2D eigenvalue weighted by molar-refractivity contribution is 0.344. The number of rotatable bonds is 6. The van der Waals surface area contributed by atoms with Gasteiger partial charge in [-0.25, -0.2) is 9.97 Å². The van der Waals surface area contributed by atoms with Crippen LogP contribution in [0.25, 0.3) is 22.3 Å². The number of hydrogen-bond acceptors (Lipinski definition) is 5. The molecule has 0 aliphatic carbocycles. The number of fused-ring (bicyclic) bond motifs is 1. The van der Waals surface area contributed by atoms with Crippen LogP contribution in [0, 0.1) is 0 Å². The minimum Gasteiger partial charge on any atom is -0.495 e. The molecule has 3 rings (SSSR count). The molecular formula is C20H22ClN3O2. The van der Waals surface area contributed by atoms with E-state index in [1.165, 1.54) is 0 Å². The monoisotopic (exact) mass is 371 g/mol. The maximum absolute atomic E-state index is 6.50. The molecule has 0 spiro atoms. The zero-order valence-corrected chi connectivity index (χ0v) is 16.1. The fourth-order valence-electron chi connectivity index (χ4n) is 2.73. The molecule has 0 saturated heterocycles. The number of pyridine rings is 2. The maximum atomic E-state index is 6.50. The van der Waals surface area contributed by atoms with E-state index < -0.39 is 0 Å². The summed E-state index contributed by atoms with van der Waals surface area (Å²) in [6.45, 7) is 6.64. The summed E-state index contributed by atoms with van der Waals surface area (Å²) in [4.78, 5) is 9.39. The lowest BCUT2D eigenvalue weighted by Gasteiger charge is -2.14. The fourth-order valence-corrected chi connectivity index (χ4v) is 3.01. The molecule has 0 radical (unpaired) electrons. The van der Waals surface area contributed by atoms with Crippen LogP contribution in [-0.4, -0.2) is 29.7 Å². The number of ether oxygens (including phenoxy) is 2. The second-order valence-corrected chi connectivity index (χ2v) is 6.50. The van der Waals surface area contributed by atoms with E-state index >= 15 is 0 Å². The van der Waals surface area contributed by atoms with Crippen LogP contribution in [0.2, 0.25) is 5.02 Å². The molecule has 26 heavy (non-hydrogen) atoms. The average molecular weight is 372 g/mol. The van der Waals surface area contributed by atoms with E-state index in [-0.39, 0.29) is 0 Å². The lowest BCUT2D eigenvalue weighted by atomic mass is 10.1. The SMILES string of the molecule is CCOc1cc(-c2cccc(NC(C)C)n2)nc2c(Cl)c(OC)ccc12. The standard InChI is InChI=1S/C20H22ClN3O2/c1-5-26-17-11-15(14-7-6-8-18(23-14)22-12(2)3)24-20-13(17)9-10-16(25-4)19(20)21/h6-12H,5H2,1-4H3,(H,22,23). The highest BCUT2D eigenvalue weighted by molar-refractivity contribution is 6.36. The molecule has 0 aliphatic rings. The molecule has 1 N–H and O–H groups in total. The number of benzene rings is 1. The van der Waals surface area contributed by atoms with Gasteiger partial charge in [-0.2, -0.15) is 0 Å². The van der Waals surface area contributed by atoms with Gasteiger partial charge in [0.25, 0.3) is 0 Å². The normalized spacial score (nSPS) is 11.0. The van der Waals surface area contributed by atoms with Gasteiger partial charge < -0.3 is 14.8 Å². The molecule has 0 amide bonds. The molecule has 2 aromatic heterocycles. The summed E-state index contributed by atoms with van der Waals surface area (Å²) in [5.74, 6) is 2.10. The summed E-state index contributed by atoms with van der Waals surface area (Å²) in [6.07, 6.45) is 0. The summed E-state index contributed by atoms with van der Waals surface area (Å²) in [5.41, 5.74) is 2.08. The third-order valence-corrected chi connectivity index (χ3v) is 4.18. The number of aromatic nitrogens is 2. The predicted molar refractivity (Wildman–Crippen MR) is 106 cm³/mol. The molecular weight excluding hydrogens is 350 g/mol. The second kappa shape index (κ2) is 7.79. The number of nitrogens with one attached hydrogen (secondary N) is 1. The fraction of sp³-hybridized carbons (Fsp3) is 0.300. The topological polar surface area (TPSA) is 56.3 Å². The second-order valence-electron chi connectivity index (χ2n) is 6.12. The van der Waals surface area contributed by atoms with E-state index in [2.05, 4.69) is 24.1 Å². The van der Waals surface area contributed by atoms with Gasteiger partial charge in [-0.05, 0) is 45.0 Å². The quantitative estimate of drug-likeness (QED) is 0.647. The van der Waals surface area contributed by atoms with Crippen LogP contribution in [0.15, 0.2) is 36.4 Å². The van der Waals surface area contributed by atoms with Crippen LogP contribution in [0.3, 0.4) is 0 Å². The van der Waals surface area contributed by atoms with Gasteiger partial charge in [-0.3, -0.25) is 0 Å². The van der Waals surface area contributed by atoms with Crippen molar-refractivity contribution in [1.82, 2.24) is 9.97 Å². The van der Waals surface area contributed by atoms with Crippen molar-refractivity contribution in [3.05, 3.63) is 41.4 Å². The van der Waals surface area contributed by atoms with Crippen molar-refractivity contribution in [3.8, 4) is 22.9 Å². The lowest BCUT2D eigenvalue weighted by Crippen LogP contribution is -2.11. The van der Waals surface area contributed by atoms with Crippen LogP contribution in [0.1, 0.15) is 20.8 Å². The molecule has 2 heterocycles. The first-order valence-corrected chi connectivity index (χ1v) is 8.95. The van der Waals surface area contributed by atoms with Gasteiger partial charge in [0, 0.05) is 17.5 Å². The minimum atomic E-state index is 0.292. The van der Waals surface area contributed by atoms with Gasteiger partial charge in [0.1, 0.15) is 22.3 Å². The summed E-state index contributed by atoms with van der Waals surface area (Å²) >= 11 is 6.50. The highest BCUT2D eigenvalue weighted by Gasteiger charge is 2.15. The zero-order chi connectivity index (χ0) is 18.7. The van der Waals surface area contributed by atoms with Crippen molar-refractivity contribution >= 4 is 28.3 Å². The molecule has 0 atom stereocenters. The number of halogens is 1. The van der Waals surface area contributed by atoms with Gasteiger partial charge >= 0.3 is 0 Å². The number of methoxy groups -OCH3 is 1. The highest BCUT2D eigenvalue weighted by atomic mass is 35.5. The summed E-state index contributed by atoms with van der Waals surface area (Å²) in [6, 6.07) is 11.7. The molecule has 0 bridgehead atoms. The molecule has 3 aromatic rings. The van der Waals surface area contributed by atoms with Crippen molar-refractivity contribution in [2.45, 2.75) is 26.8 Å². The zero-order valence-electron chi connectivity index (χ0n) is 15.3. The van der Waals surface area contributed by atoms with Crippen LogP contribution in [0.5, 0.6) is 11.5 Å².